The van der Waals surface area contributed by atoms with Crippen molar-refractivity contribution in [2.75, 3.05) is 26.8 Å². The number of fused-ring (bicyclic) bond motifs is 2. The van der Waals surface area contributed by atoms with Gasteiger partial charge in [0.2, 0.25) is 11.8 Å². The van der Waals surface area contributed by atoms with Crippen molar-refractivity contribution in [3.05, 3.63) is 89.1 Å². The highest BCUT2D eigenvalue weighted by Crippen LogP contribution is 2.47. The van der Waals surface area contributed by atoms with Gasteiger partial charge in [0, 0.05) is 47.7 Å². The molecule has 0 radical (unpaired) electrons. The molecule has 3 saturated heterocycles. The highest BCUT2D eigenvalue weighted by molar-refractivity contribution is 7.56. The lowest BCUT2D eigenvalue weighted by Gasteiger charge is -2.42. The van der Waals surface area contributed by atoms with Crippen LogP contribution in [0.3, 0.4) is 0 Å². The van der Waals surface area contributed by atoms with Gasteiger partial charge in [0.25, 0.3) is 5.91 Å². The zero-order valence-electron chi connectivity index (χ0n) is 31.8. The Bertz CT molecular complexity index is 2120. The van der Waals surface area contributed by atoms with Crippen LogP contribution in [-0.4, -0.2) is 89.4 Å². The molecule has 13 nitrogen and oxygen atoms in total. The van der Waals surface area contributed by atoms with Crippen molar-refractivity contribution in [1.29, 1.82) is 0 Å². The van der Waals surface area contributed by atoms with Crippen molar-refractivity contribution in [2.45, 2.75) is 88.6 Å². The Balaban J connectivity index is 1.02. The number of hydrogen-bond acceptors (Lipinski definition) is 10. The van der Waals surface area contributed by atoms with Crippen molar-refractivity contribution in [2.24, 2.45) is 0 Å². The van der Waals surface area contributed by atoms with E-state index < -0.39 is 31.6 Å². The third kappa shape index (κ3) is 8.62. The van der Waals surface area contributed by atoms with Crippen LogP contribution in [0.15, 0.2) is 73.1 Å². The quantitative estimate of drug-likeness (QED) is 0.110. The summed E-state index contributed by atoms with van der Waals surface area (Å²) in [6, 6.07) is 15.7. The van der Waals surface area contributed by atoms with Gasteiger partial charge in [-0.3, -0.25) is 28.7 Å². The van der Waals surface area contributed by atoms with Gasteiger partial charge in [0.15, 0.2) is 0 Å². The Morgan fingerprint density at radius 1 is 1.04 bits per heavy atom. The van der Waals surface area contributed by atoms with Gasteiger partial charge in [-0.15, -0.1) is 11.3 Å². The molecule has 15 heteroatoms. The Morgan fingerprint density at radius 3 is 2.61 bits per heavy atom. The van der Waals surface area contributed by atoms with E-state index in [1.807, 2.05) is 42.2 Å². The fraction of sp³-hybridized carbons (Fsp3) is 0.439. The fourth-order valence-electron chi connectivity index (χ4n) is 7.89. The summed E-state index contributed by atoms with van der Waals surface area (Å²) in [4.78, 5) is 62.4. The molecule has 296 valence electrons. The summed E-state index contributed by atoms with van der Waals surface area (Å²) in [7, 11) is -2.06. The zero-order valence-corrected chi connectivity index (χ0v) is 33.6. The Morgan fingerprint density at radius 2 is 1.84 bits per heavy atom. The molecule has 2 N–H and O–H groups in total. The molecule has 2 aromatic heterocycles. The molecule has 3 fully saturated rings. The van der Waals surface area contributed by atoms with Crippen molar-refractivity contribution in [3.8, 4) is 11.5 Å². The van der Waals surface area contributed by atoms with Gasteiger partial charge < -0.3 is 29.1 Å². The van der Waals surface area contributed by atoms with Crippen molar-refractivity contribution < 1.29 is 37.7 Å². The molecule has 56 heavy (non-hydrogen) atoms. The van der Waals surface area contributed by atoms with Crippen LogP contribution in [0.4, 0.5) is 0 Å². The molecular formula is C41H48N5O8PS. The number of rotatable bonds is 14. The number of nitrogens with one attached hydrogen (secondary N) is 2. The lowest BCUT2D eigenvalue weighted by molar-refractivity contribution is -0.148. The third-order valence-electron chi connectivity index (χ3n) is 10.7. The van der Waals surface area contributed by atoms with Gasteiger partial charge in [0.05, 0.1) is 24.8 Å². The van der Waals surface area contributed by atoms with E-state index in [1.165, 1.54) is 11.3 Å². The van der Waals surface area contributed by atoms with Gasteiger partial charge >= 0.3 is 13.5 Å². The van der Waals surface area contributed by atoms with Crippen molar-refractivity contribution in [3.63, 3.8) is 0 Å². The molecule has 5 heterocycles. The van der Waals surface area contributed by atoms with Crippen LogP contribution in [-0.2, 0) is 29.8 Å². The maximum atomic E-state index is 14.3. The SMILES string of the molecule is CCCOC(=O)[C@H](C)NP(=O)(Cc1ccc2sc(C(=O)N[C@H]3CCC[C@H]4CC[C@@H](C(=O)N5CC(c6cnccc6OC)C5)N4C3=O)cc2c1)Oc1ccccc1. The van der Waals surface area contributed by atoms with Crippen LogP contribution in [0, 0.1) is 0 Å². The summed E-state index contributed by atoms with van der Waals surface area (Å²) >= 11 is 1.30. The highest BCUT2D eigenvalue weighted by Gasteiger charge is 2.48. The second-order valence-electron chi connectivity index (χ2n) is 14.7. The van der Waals surface area contributed by atoms with Gasteiger partial charge in [0.1, 0.15) is 29.6 Å². The number of nitrogens with zero attached hydrogens (tertiary/aromatic N) is 3. The second-order valence-corrected chi connectivity index (χ2v) is 17.9. The largest absolute Gasteiger partial charge is 0.496 e. The summed E-state index contributed by atoms with van der Waals surface area (Å²) in [5, 5.41) is 6.68. The lowest BCUT2D eigenvalue weighted by Crippen LogP contribution is -2.58. The van der Waals surface area contributed by atoms with E-state index in [1.54, 1.807) is 61.7 Å². The van der Waals surface area contributed by atoms with E-state index >= 15 is 0 Å². The first-order valence-electron chi connectivity index (χ1n) is 19.3. The van der Waals surface area contributed by atoms with Gasteiger partial charge in [-0.2, -0.15) is 0 Å². The molecule has 0 saturated carbocycles. The van der Waals surface area contributed by atoms with E-state index in [4.69, 9.17) is 14.0 Å². The van der Waals surface area contributed by atoms with Gasteiger partial charge in [-0.1, -0.05) is 31.2 Å². The van der Waals surface area contributed by atoms with E-state index in [0.29, 0.717) is 48.5 Å². The molecular weight excluding hydrogens is 754 g/mol. The average molecular weight is 802 g/mol. The number of benzene rings is 2. The van der Waals surface area contributed by atoms with Crippen molar-refractivity contribution >= 4 is 52.6 Å². The van der Waals surface area contributed by atoms with Gasteiger partial charge in [-0.25, -0.2) is 5.09 Å². The van der Waals surface area contributed by atoms with Crippen LogP contribution < -0.4 is 19.7 Å². The molecule has 7 rings (SSSR count). The number of amides is 3. The van der Waals surface area contributed by atoms with Crippen LogP contribution in [0.5, 0.6) is 11.5 Å². The molecule has 0 spiro atoms. The topological polar surface area (TPSA) is 156 Å². The van der Waals surface area contributed by atoms with E-state index in [2.05, 4.69) is 15.4 Å². The third-order valence-corrected chi connectivity index (χ3v) is 13.9. The van der Waals surface area contributed by atoms with E-state index in [9.17, 15) is 23.7 Å². The number of pyridine rings is 1. The van der Waals surface area contributed by atoms with E-state index in [-0.39, 0.29) is 42.5 Å². The van der Waals surface area contributed by atoms with Crippen molar-refractivity contribution in [1.82, 2.24) is 25.2 Å². The maximum Gasteiger partial charge on any atom is 0.323 e. The molecule has 0 aliphatic carbocycles. The average Bonchev–Trinajstić information content (AvgIpc) is 3.77. The standard InChI is InChI=1S/C41H48N5O8PS/c1-4-19-53-41(50)26(2)44-55(51,54-31-10-6-5-7-11-31)25-27-13-16-36-28(20-27)21-37(56-36)38(47)43-33-12-8-9-30-14-15-34(46(30)39(33)48)40(49)45-23-29(24-45)32-22-42-18-17-35(32)52-3/h5-7,10-11,13,16-18,20-22,26,29-30,33-34H,4,8-9,12,14-15,19,23-25H2,1-3H3,(H,43,47)(H,44,51)/t26-,30-,33-,34-,55?/m0/s1. The zero-order chi connectivity index (χ0) is 39.4. The Labute approximate surface area is 330 Å². The first-order valence-corrected chi connectivity index (χ1v) is 21.9. The van der Waals surface area contributed by atoms with Crippen LogP contribution in [0.1, 0.15) is 79.1 Å². The molecule has 3 amide bonds. The molecule has 1 unspecified atom stereocenters. The number of thiophene rings is 1. The maximum absolute atomic E-state index is 14.3. The minimum absolute atomic E-state index is 0.0240. The number of carbonyl (C=O) groups is 4. The molecule has 3 aliphatic rings. The minimum atomic E-state index is -3.68. The number of methoxy groups -OCH3 is 1. The number of para-hydroxylation sites is 1. The van der Waals surface area contributed by atoms with Crippen LogP contribution >= 0.6 is 18.9 Å². The number of aromatic nitrogens is 1. The summed E-state index contributed by atoms with van der Waals surface area (Å²) in [5.41, 5.74) is 1.66. The normalized spacial score (nSPS) is 21.3. The summed E-state index contributed by atoms with van der Waals surface area (Å²) in [6.07, 6.45) is 7.51. The molecule has 2 aromatic carbocycles. The fourth-order valence-corrected chi connectivity index (χ4v) is 10.9. The number of carbonyl (C=O) groups excluding carboxylic acids is 4. The summed E-state index contributed by atoms with van der Waals surface area (Å²) in [6.45, 7) is 4.83. The lowest BCUT2D eigenvalue weighted by atomic mass is 9.91. The van der Waals surface area contributed by atoms with Gasteiger partial charge in [-0.05, 0) is 92.8 Å². The first kappa shape index (κ1) is 39.5. The highest BCUT2D eigenvalue weighted by atomic mass is 32.1. The van der Waals surface area contributed by atoms with E-state index in [0.717, 1.165) is 40.7 Å². The van der Waals surface area contributed by atoms with Crippen LogP contribution in [0.25, 0.3) is 10.1 Å². The first-order chi connectivity index (χ1) is 27.1. The second kappa shape index (κ2) is 17.2. The number of ether oxygens (including phenoxy) is 2. The van der Waals surface area contributed by atoms with Crippen LogP contribution in [0.2, 0.25) is 0 Å². The number of hydrogen-bond donors (Lipinski definition) is 2. The number of esters is 1. The Hall–Kier alpha value is -4.78. The minimum Gasteiger partial charge on any atom is -0.496 e. The summed E-state index contributed by atoms with van der Waals surface area (Å²) in [5.74, 6) is 0.137. The number of likely N-dealkylation sites (tertiary alicyclic amines) is 1. The molecule has 5 atom stereocenters. The Kier molecular flexibility index (Phi) is 12.1. The smallest absolute Gasteiger partial charge is 0.323 e. The predicted octanol–water partition coefficient (Wildman–Crippen LogP) is 6.28. The monoisotopic (exact) mass is 801 g/mol. The molecule has 0 bridgehead atoms. The predicted molar refractivity (Wildman–Crippen MR) is 213 cm³/mol. The molecule has 3 aliphatic heterocycles. The summed E-state index contributed by atoms with van der Waals surface area (Å²) < 4.78 is 31.9. The molecule has 4 aromatic rings.